The second-order valence-corrected chi connectivity index (χ2v) is 4.73. The van der Waals surface area contributed by atoms with Gasteiger partial charge in [0.15, 0.2) is 0 Å². The third kappa shape index (κ3) is 1.65. The minimum absolute atomic E-state index is 0.0371. The third-order valence-electron chi connectivity index (χ3n) is 3.66. The van der Waals surface area contributed by atoms with E-state index >= 15 is 0 Å². The van der Waals surface area contributed by atoms with Gasteiger partial charge >= 0.3 is 0 Å². The second-order valence-electron chi connectivity index (χ2n) is 4.73. The van der Waals surface area contributed by atoms with Gasteiger partial charge in [-0.15, -0.1) is 0 Å². The van der Waals surface area contributed by atoms with Crippen molar-refractivity contribution in [2.75, 3.05) is 0 Å². The highest BCUT2D eigenvalue weighted by molar-refractivity contribution is 5.35. The Labute approximate surface area is 107 Å². The molecule has 0 amide bonds. The highest BCUT2D eigenvalue weighted by Crippen LogP contribution is 2.54. The summed E-state index contributed by atoms with van der Waals surface area (Å²) in [5, 5.41) is 10.6. The molecule has 0 aliphatic carbocycles. The van der Waals surface area contributed by atoms with Crippen molar-refractivity contribution in [1.29, 1.82) is 0 Å². The van der Waals surface area contributed by atoms with Crippen molar-refractivity contribution in [3.05, 3.63) is 71.8 Å². The van der Waals surface area contributed by atoms with E-state index < -0.39 is 11.7 Å². The maximum atomic E-state index is 10.6. The smallest absolute Gasteiger partial charge is 0.149 e. The van der Waals surface area contributed by atoms with Gasteiger partial charge in [0, 0.05) is 0 Å². The Morgan fingerprint density at radius 1 is 1.00 bits per heavy atom. The SMILES string of the molecule is C[C@@H]1O[C@]1(c1ccccc1)[C@@H](O)c1ccccc1. The minimum Gasteiger partial charge on any atom is -0.385 e. The lowest BCUT2D eigenvalue weighted by molar-refractivity contribution is 0.0730. The largest absolute Gasteiger partial charge is 0.385 e. The van der Waals surface area contributed by atoms with Gasteiger partial charge in [0.2, 0.25) is 0 Å². The number of aliphatic hydroxyl groups excluding tert-OH is 1. The number of hydrogen-bond acceptors (Lipinski definition) is 2. The first-order valence-corrected chi connectivity index (χ1v) is 6.21. The summed E-state index contributed by atoms with van der Waals surface area (Å²) in [6, 6.07) is 19.6. The van der Waals surface area contributed by atoms with Crippen molar-refractivity contribution < 1.29 is 9.84 Å². The number of epoxide rings is 1. The van der Waals surface area contributed by atoms with Gasteiger partial charge in [-0.1, -0.05) is 60.7 Å². The van der Waals surface area contributed by atoms with E-state index in [1.807, 2.05) is 67.6 Å². The molecule has 0 saturated carbocycles. The molecular weight excluding hydrogens is 224 g/mol. The monoisotopic (exact) mass is 240 g/mol. The molecule has 1 fully saturated rings. The van der Waals surface area contributed by atoms with Crippen LogP contribution in [0.25, 0.3) is 0 Å². The zero-order valence-corrected chi connectivity index (χ0v) is 10.3. The molecule has 1 N–H and O–H groups in total. The molecule has 1 saturated heterocycles. The van der Waals surface area contributed by atoms with Crippen LogP contribution in [-0.4, -0.2) is 11.2 Å². The Morgan fingerprint density at radius 3 is 2.00 bits per heavy atom. The first kappa shape index (κ1) is 11.5. The third-order valence-corrected chi connectivity index (χ3v) is 3.66. The fraction of sp³-hybridized carbons (Fsp3) is 0.250. The summed E-state index contributed by atoms with van der Waals surface area (Å²) in [5.41, 5.74) is 1.35. The Hall–Kier alpha value is -1.64. The summed E-state index contributed by atoms with van der Waals surface area (Å²) < 4.78 is 5.76. The van der Waals surface area contributed by atoms with Crippen molar-refractivity contribution in [3.8, 4) is 0 Å². The average molecular weight is 240 g/mol. The van der Waals surface area contributed by atoms with Gasteiger partial charge in [0.25, 0.3) is 0 Å². The van der Waals surface area contributed by atoms with Crippen LogP contribution in [-0.2, 0) is 10.3 Å². The summed E-state index contributed by atoms with van der Waals surface area (Å²) in [6.45, 7) is 2.00. The zero-order chi connectivity index (χ0) is 12.6. The highest BCUT2D eigenvalue weighted by atomic mass is 16.6. The Bertz CT molecular complexity index is 523. The van der Waals surface area contributed by atoms with Gasteiger partial charge in [-0.3, -0.25) is 0 Å². The Kier molecular flexibility index (Phi) is 2.69. The first-order valence-electron chi connectivity index (χ1n) is 6.21. The zero-order valence-electron chi connectivity index (χ0n) is 10.3. The van der Waals surface area contributed by atoms with Gasteiger partial charge in [0.05, 0.1) is 6.10 Å². The molecule has 0 aromatic heterocycles. The van der Waals surface area contributed by atoms with Crippen LogP contribution in [0.1, 0.15) is 24.2 Å². The maximum Gasteiger partial charge on any atom is 0.149 e. The summed E-state index contributed by atoms with van der Waals surface area (Å²) in [6.07, 6.45) is -0.591. The number of ether oxygens (including phenoxy) is 1. The summed E-state index contributed by atoms with van der Waals surface area (Å²) in [5.74, 6) is 0. The quantitative estimate of drug-likeness (QED) is 0.836. The molecule has 92 valence electrons. The molecule has 1 heterocycles. The molecule has 0 unspecified atom stereocenters. The van der Waals surface area contributed by atoms with E-state index in [2.05, 4.69) is 0 Å². The fourth-order valence-corrected chi connectivity index (χ4v) is 2.59. The van der Waals surface area contributed by atoms with E-state index in [4.69, 9.17) is 4.74 Å². The van der Waals surface area contributed by atoms with Gasteiger partial charge in [-0.2, -0.15) is 0 Å². The van der Waals surface area contributed by atoms with Crippen LogP contribution in [0.4, 0.5) is 0 Å². The van der Waals surface area contributed by atoms with Crippen molar-refractivity contribution >= 4 is 0 Å². The highest BCUT2D eigenvalue weighted by Gasteiger charge is 2.60. The predicted octanol–water partition coefficient (Wildman–Crippen LogP) is 3.03. The fourth-order valence-electron chi connectivity index (χ4n) is 2.59. The molecule has 1 aliphatic heterocycles. The number of aliphatic hydroxyl groups is 1. The molecule has 18 heavy (non-hydrogen) atoms. The average Bonchev–Trinajstić information content (AvgIpc) is 3.13. The van der Waals surface area contributed by atoms with E-state index in [-0.39, 0.29) is 6.10 Å². The summed E-state index contributed by atoms with van der Waals surface area (Å²) in [4.78, 5) is 0. The van der Waals surface area contributed by atoms with Crippen molar-refractivity contribution in [2.24, 2.45) is 0 Å². The van der Waals surface area contributed by atoms with Crippen LogP contribution >= 0.6 is 0 Å². The first-order chi connectivity index (χ1) is 8.75. The van der Waals surface area contributed by atoms with Gasteiger partial charge < -0.3 is 9.84 Å². The molecule has 0 bridgehead atoms. The molecule has 2 aromatic carbocycles. The molecule has 2 heteroatoms. The second kappa shape index (κ2) is 4.23. The van der Waals surface area contributed by atoms with E-state index in [0.717, 1.165) is 11.1 Å². The van der Waals surface area contributed by atoms with Gasteiger partial charge in [-0.05, 0) is 18.1 Å². The number of rotatable bonds is 3. The number of benzene rings is 2. The van der Waals surface area contributed by atoms with E-state index in [9.17, 15) is 5.11 Å². The van der Waals surface area contributed by atoms with Crippen LogP contribution in [0, 0.1) is 0 Å². The van der Waals surface area contributed by atoms with Crippen molar-refractivity contribution in [1.82, 2.24) is 0 Å². The van der Waals surface area contributed by atoms with Gasteiger partial charge in [0.1, 0.15) is 11.7 Å². The standard InChI is InChI=1S/C16H16O2/c1-12-16(18-12,14-10-6-3-7-11-14)15(17)13-8-4-2-5-9-13/h2-12,15,17H,1H3/t12-,15-,16+/m0/s1. The van der Waals surface area contributed by atoms with Crippen LogP contribution in [0.2, 0.25) is 0 Å². The van der Waals surface area contributed by atoms with Crippen molar-refractivity contribution in [2.45, 2.75) is 24.7 Å². The lowest BCUT2D eigenvalue weighted by Gasteiger charge is -2.20. The lowest BCUT2D eigenvalue weighted by Crippen LogP contribution is -2.22. The molecule has 1 aliphatic rings. The predicted molar refractivity (Wildman–Crippen MR) is 70.1 cm³/mol. The maximum absolute atomic E-state index is 10.6. The molecule has 3 rings (SSSR count). The van der Waals surface area contributed by atoms with E-state index in [1.165, 1.54) is 0 Å². The van der Waals surface area contributed by atoms with E-state index in [0.29, 0.717) is 0 Å². The van der Waals surface area contributed by atoms with Crippen LogP contribution in [0.3, 0.4) is 0 Å². The summed E-state index contributed by atoms with van der Waals surface area (Å²) >= 11 is 0. The topological polar surface area (TPSA) is 32.8 Å². The molecule has 2 nitrogen and oxygen atoms in total. The van der Waals surface area contributed by atoms with Gasteiger partial charge in [-0.25, -0.2) is 0 Å². The van der Waals surface area contributed by atoms with E-state index in [1.54, 1.807) is 0 Å². The molecule has 0 spiro atoms. The number of hydrogen-bond donors (Lipinski definition) is 1. The van der Waals surface area contributed by atoms with Crippen molar-refractivity contribution in [3.63, 3.8) is 0 Å². The molecule has 2 aromatic rings. The molecule has 3 atom stereocenters. The Morgan fingerprint density at radius 2 is 1.50 bits per heavy atom. The molecular formula is C16H16O2. The van der Waals surface area contributed by atoms with Crippen LogP contribution in [0.5, 0.6) is 0 Å². The summed E-state index contributed by atoms with van der Waals surface area (Å²) in [7, 11) is 0. The van der Waals surface area contributed by atoms with Crippen LogP contribution in [0.15, 0.2) is 60.7 Å². The molecule has 0 radical (unpaired) electrons. The lowest BCUT2D eigenvalue weighted by atomic mass is 9.86. The van der Waals surface area contributed by atoms with Crippen LogP contribution < -0.4 is 0 Å². The Balaban J connectivity index is 1.99. The normalized spacial score (nSPS) is 27.8. The minimum atomic E-state index is -0.629.